The van der Waals surface area contributed by atoms with E-state index in [0.717, 1.165) is 16.9 Å². The van der Waals surface area contributed by atoms with Crippen molar-refractivity contribution in [2.45, 2.75) is 25.8 Å². The van der Waals surface area contributed by atoms with Gasteiger partial charge < -0.3 is 10.1 Å². The molecule has 2 bridgehead atoms. The minimum Gasteiger partial charge on any atom is -0.454 e. The van der Waals surface area contributed by atoms with Crippen molar-refractivity contribution >= 4 is 56.9 Å². The molecule has 2 aromatic carbocycles. The fourth-order valence-electron chi connectivity index (χ4n) is 5.56. The Bertz CT molecular complexity index is 1250. The van der Waals surface area contributed by atoms with Crippen LogP contribution in [0, 0.1) is 30.6 Å². The second kappa shape index (κ2) is 9.82. The summed E-state index contributed by atoms with van der Waals surface area (Å²) in [6.07, 6.45) is 4.92. The number of allylic oxidation sites excluding steroid dienone is 2. The largest absolute Gasteiger partial charge is 0.454 e. The number of hydrogen-bond donors (Lipinski definition) is 1. The number of esters is 1. The summed E-state index contributed by atoms with van der Waals surface area (Å²) in [6, 6.07) is 11.4. The zero-order valence-electron chi connectivity index (χ0n) is 19.4. The topological polar surface area (TPSA) is 92.8 Å². The van der Waals surface area contributed by atoms with E-state index in [0.29, 0.717) is 20.7 Å². The number of fused-ring (bicyclic) bond motifs is 5. The summed E-state index contributed by atoms with van der Waals surface area (Å²) < 4.78 is 6.05. The van der Waals surface area contributed by atoms with E-state index in [2.05, 4.69) is 21.2 Å². The van der Waals surface area contributed by atoms with E-state index in [-0.39, 0.29) is 30.1 Å². The number of anilines is 1. The van der Waals surface area contributed by atoms with Crippen molar-refractivity contribution < 1.29 is 23.9 Å². The summed E-state index contributed by atoms with van der Waals surface area (Å²) in [5.41, 5.74) is 1.93. The van der Waals surface area contributed by atoms with Crippen LogP contribution >= 0.6 is 27.5 Å². The second-order valence-electron chi connectivity index (χ2n) is 9.44. The van der Waals surface area contributed by atoms with Gasteiger partial charge >= 0.3 is 5.97 Å². The minimum absolute atomic E-state index is 0.0293. The van der Waals surface area contributed by atoms with Crippen LogP contribution in [0.3, 0.4) is 0 Å². The van der Waals surface area contributed by atoms with Gasteiger partial charge in [-0.1, -0.05) is 54.1 Å². The van der Waals surface area contributed by atoms with Gasteiger partial charge in [0.2, 0.25) is 11.8 Å². The molecule has 5 atom stereocenters. The molecule has 0 spiro atoms. The molecule has 1 aliphatic heterocycles. The average Bonchev–Trinajstić information content (AvgIpc) is 3.56. The monoisotopic (exact) mass is 570 g/mol. The molecule has 7 nitrogen and oxygen atoms in total. The number of halogens is 2. The van der Waals surface area contributed by atoms with Gasteiger partial charge in [0.15, 0.2) is 6.61 Å². The molecular formula is C27H24BrClN2O5. The minimum atomic E-state index is -1.14. The molecular weight excluding hydrogens is 548 g/mol. The predicted molar refractivity (Wildman–Crippen MR) is 137 cm³/mol. The Morgan fingerprint density at radius 1 is 1.08 bits per heavy atom. The lowest BCUT2D eigenvalue weighted by Crippen LogP contribution is -2.48. The lowest BCUT2D eigenvalue weighted by atomic mass is 9.85. The summed E-state index contributed by atoms with van der Waals surface area (Å²) in [6.45, 7) is 1.20. The predicted octanol–water partition coefficient (Wildman–Crippen LogP) is 4.31. The molecule has 186 valence electrons. The van der Waals surface area contributed by atoms with Crippen molar-refractivity contribution in [1.29, 1.82) is 0 Å². The summed E-state index contributed by atoms with van der Waals surface area (Å²) in [5.74, 6) is -2.79. The van der Waals surface area contributed by atoms with E-state index in [1.807, 2.05) is 42.5 Å². The number of hydrogen-bond acceptors (Lipinski definition) is 5. The number of nitrogens with zero attached hydrogens (tertiary/aromatic N) is 1. The van der Waals surface area contributed by atoms with Gasteiger partial charge in [0.1, 0.15) is 6.04 Å². The third kappa shape index (κ3) is 4.37. The standard InChI is InChI=1S/C27H24BrClN2O5/c1-14-19(10-9-18(28)24(14)29)30-21(32)13-36-27(35)20(11-15-5-3-2-4-6-15)31-25(33)22-16-7-8-17(12-16)23(22)26(31)34/h2-10,16-17,20,22-23H,11-13H2,1H3,(H,30,32)/t16-,17-,20+,22-,23+/m0/s1. The molecule has 3 amide bonds. The molecule has 3 aliphatic rings. The highest BCUT2D eigenvalue weighted by atomic mass is 79.9. The van der Waals surface area contributed by atoms with E-state index < -0.39 is 36.4 Å². The Balaban J connectivity index is 1.32. The number of rotatable bonds is 7. The third-order valence-corrected chi connectivity index (χ3v) is 8.70. The van der Waals surface area contributed by atoms with E-state index >= 15 is 0 Å². The van der Waals surface area contributed by atoms with Crippen molar-refractivity contribution in [2.24, 2.45) is 23.7 Å². The van der Waals surface area contributed by atoms with E-state index in [1.54, 1.807) is 19.1 Å². The number of carbonyl (C=O) groups is 4. The van der Waals surface area contributed by atoms with Crippen LogP contribution in [0.1, 0.15) is 17.5 Å². The van der Waals surface area contributed by atoms with Crippen LogP contribution < -0.4 is 5.32 Å². The number of benzene rings is 2. The highest BCUT2D eigenvalue weighted by Crippen LogP contribution is 2.53. The molecule has 5 rings (SSSR count). The Morgan fingerprint density at radius 2 is 1.72 bits per heavy atom. The van der Waals surface area contributed by atoms with Crippen LogP contribution in [0.5, 0.6) is 0 Å². The van der Waals surface area contributed by atoms with Crippen molar-refractivity contribution in [1.82, 2.24) is 4.90 Å². The van der Waals surface area contributed by atoms with Crippen LogP contribution in [0.15, 0.2) is 59.1 Å². The van der Waals surface area contributed by atoms with Crippen LogP contribution in [-0.4, -0.2) is 41.2 Å². The quantitative estimate of drug-likeness (QED) is 0.304. The molecule has 0 radical (unpaired) electrons. The first-order valence-electron chi connectivity index (χ1n) is 11.8. The van der Waals surface area contributed by atoms with Crippen LogP contribution in [0.2, 0.25) is 5.02 Å². The van der Waals surface area contributed by atoms with Crippen LogP contribution in [-0.2, 0) is 30.3 Å². The molecule has 0 aromatic heterocycles. The van der Waals surface area contributed by atoms with Crippen molar-refractivity contribution in [2.75, 3.05) is 11.9 Å². The fraction of sp³-hybridized carbons (Fsp3) is 0.333. The number of amides is 3. The Morgan fingerprint density at radius 3 is 2.36 bits per heavy atom. The summed E-state index contributed by atoms with van der Waals surface area (Å²) in [4.78, 5) is 53.6. The molecule has 0 unspecified atom stereocenters. The van der Waals surface area contributed by atoms with Crippen LogP contribution in [0.4, 0.5) is 5.69 Å². The zero-order valence-corrected chi connectivity index (χ0v) is 21.8. The Kier molecular flexibility index (Phi) is 6.74. The van der Waals surface area contributed by atoms with Gasteiger partial charge in [-0.25, -0.2) is 4.79 Å². The number of likely N-dealkylation sites (tertiary alicyclic amines) is 1. The van der Waals surface area contributed by atoms with Gasteiger partial charge in [0.05, 0.1) is 16.9 Å². The van der Waals surface area contributed by atoms with E-state index in [4.69, 9.17) is 16.3 Å². The molecule has 36 heavy (non-hydrogen) atoms. The second-order valence-corrected chi connectivity index (χ2v) is 10.7. The number of carbonyl (C=O) groups excluding carboxylic acids is 4. The lowest BCUT2D eigenvalue weighted by molar-refractivity contribution is -0.160. The lowest BCUT2D eigenvalue weighted by Gasteiger charge is -2.26. The van der Waals surface area contributed by atoms with E-state index in [9.17, 15) is 19.2 Å². The molecule has 9 heteroatoms. The smallest absolute Gasteiger partial charge is 0.330 e. The average molecular weight is 572 g/mol. The number of imide groups is 1. The zero-order chi connectivity index (χ0) is 25.6. The number of ether oxygens (including phenoxy) is 1. The molecule has 1 saturated carbocycles. The molecule has 2 aromatic rings. The maximum atomic E-state index is 13.4. The summed E-state index contributed by atoms with van der Waals surface area (Å²) >= 11 is 9.55. The first-order chi connectivity index (χ1) is 17.3. The molecule has 2 fully saturated rings. The Labute approximate surface area is 221 Å². The van der Waals surface area contributed by atoms with E-state index in [1.165, 1.54) is 0 Å². The number of nitrogens with one attached hydrogen (secondary N) is 1. The Hall–Kier alpha value is -2.97. The summed E-state index contributed by atoms with van der Waals surface area (Å²) in [5, 5.41) is 3.15. The fourth-order valence-corrected chi connectivity index (χ4v) is 6.15. The highest BCUT2D eigenvalue weighted by molar-refractivity contribution is 9.10. The first kappa shape index (κ1) is 24.7. The maximum absolute atomic E-state index is 13.4. The SMILES string of the molecule is Cc1c(NC(=O)COC(=O)[C@@H](Cc2ccccc2)N2C(=O)[C@@H]3[C@H](C2=O)[C@H]2C=C[C@H]3C2)ccc(Br)c1Cl. The van der Waals surface area contributed by atoms with Gasteiger partial charge in [-0.2, -0.15) is 0 Å². The molecule has 1 heterocycles. The molecule has 1 N–H and O–H groups in total. The van der Waals surface area contributed by atoms with Gasteiger partial charge in [0, 0.05) is 16.6 Å². The molecule has 2 aliphatic carbocycles. The normalized spacial score (nSPS) is 24.7. The van der Waals surface area contributed by atoms with Gasteiger partial charge in [0.25, 0.3) is 5.91 Å². The van der Waals surface area contributed by atoms with Crippen molar-refractivity contribution in [3.05, 3.63) is 75.2 Å². The van der Waals surface area contributed by atoms with Crippen molar-refractivity contribution in [3.63, 3.8) is 0 Å². The molecule has 1 saturated heterocycles. The third-order valence-electron chi connectivity index (χ3n) is 7.32. The van der Waals surface area contributed by atoms with Gasteiger partial charge in [-0.15, -0.1) is 0 Å². The van der Waals surface area contributed by atoms with Gasteiger partial charge in [-0.3, -0.25) is 19.3 Å². The van der Waals surface area contributed by atoms with Gasteiger partial charge in [-0.05, 0) is 64.4 Å². The van der Waals surface area contributed by atoms with Crippen molar-refractivity contribution in [3.8, 4) is 0 Å². The maximum Gasteiger partial charge on any atom is 0.330 e. The highest BCUT2D eigenvalue weighted by Gasteiger charge is 2.61. The first-order valence-corrected chi connectivity index (χ1v) is 12.9. The summed E-state index contributed by atoms with van der Waals surface area (Å²) in [7, 11) is 0. The van der Waals surface area contributed by atoms with Crippen LogP contribution in [0.25, 0.3) is 0 Å².